The second-order valence-electron chi connectivity index (χ2n) is 7.29. The topological polar surface area (TPSA) is 81.7 Å². The van der Waals surface area contributed by atoms with Gasteiger partial charge in [-0.25, -0.2) is 9.67 Å². The summed E-state index contributed by atoms with van der Waals surface area (Å²) in [4.78, 5) is 9.39. The van der Waals surface area contributed by atoms with Crippen molar-refractivity contribution in [2.45, 2.75) is 33.4 Å². The Balaban J connectivity index is 1.90. The summed E-state index contributed by atoms with van der Waals surface area (Å²) < 4.78 is 1.80. The van der Waals surface area contributed by atoms with E-state index in [1.807, 2.05) is 30.3 Å². The molecule has 0 radical (unpaired) electrons. The predicted molar refractivity (Wildman–Crippen MR) is 114 cm³/mol. The number of hydrogen-bond donors (Lipinski definition) is 2. The highest BCUT2D eigenvalue weighted by Crippen LogP contribution is 2.32. The Bertz CT molecular complexity index is 1110. The number of anilines is 2. The molecule has 0 atom stereocenters. The number of nitrogens with one attached hydrogen (secondary N) is 1. The lowest BCUT2D eigenvalue weighted by Gasteiger charge is -2.11. The van der Waals surface area contributed by atoms with Gasteiger partial charge < -0.3 is 11.1 Å². The van der Waals surface area contributed by atoms with E-state index >= 15 is 0 Å². The number of aryl methyl sites for hydroxylation is 1. The van der Waals surface area contributed by atoms with Crippen molar-refractivity contribution in [1.82, 2.24) is 19.7 Å². The molecule has 2 heterocycles. The van der Waals surface area contributed by atoms with Crippen molar-refractivity contribution >= 4 is 22.8 Å². The molecule has 0 unspecified atom stereocenters. The molecule has 6 nitrogen and oxygen atoms in total. The van der Waals surface area contributed by atoms with Crippen molar-refractivity contribution < 1.29 is 0 Å². The van der Waals surface area contributed by atoms with Crippen LogP contribution in [-0.2, 0) is 6.54 Å². The first-order valence-corrected chi connectivity index (χ1v) is 9.43. The first kappa shape index (κ1) is 18.0. The lowest BCUT2D eigenvalue weighted by Crippen LogP contribution is -2.13. The molecule has 28 heavy (non-hydrogen) atoms. The molecule has 0 aliphatic rings. The first-order chi connectivity index (χ1) is 13.5. The van der Waals surface area contributed by atoms with Crippen LogP contribution in [0.4, 0.5) is 11.8 Å². The second kappa shape index (κ2) is 7.31. The van der Waals surface area contributed by atoms with Crippen molar-refractivity contribution in [3.05, 3.63) is 65.7 Å². The largest absolute Gasteiger partial charge is 0.383 e. The van der Waals surface area contributed by atoms with Crippen LogP contribution in [0.15, 0.2) is 54.6 Å². The molecule has 4 aromatic rings. The van der Waals surface area contributed by atoms with E-state index in [1.54, 1.807) is 4.68 Å². The molecular formula is C22H24N6. The van der Waals surface area contributed by atoms with Gasteiger partial charge in [0.05, 0.1) is 17.6 Å². The SMILES string of the molecule is Cc1cccc(-c2nc(NC(C)C)nc3nn(Cc4ccccc4)c(N)c23)c1. The molecule has 4 rings (SSSR count). The van der Waals surface area contributed by atoms with E-state index in [1.165, 1.54) is 0 Å². The second-order valence-corrected chi connectivity index (χ2v) is 7.29. The van der Waals surface area contributed by atoms with E-state index in [0.717, 1.165) is 27.8 Å². The smallest absolute Gasteiger partial charge is 0.225 e. The van der Waals surface area contributed by atoms with Crippen LogP contribution in [0.2, 0.25) is 0 Å². The van der Waals surface area contributed by atoms with Crippen molar-refractivity contribution in [3.63, 3.8) is 0 Å². The molecule has 2 aromatic heterocycles. The Morgan fingerprint density at radius 3 is 2.54 bits per heavy atom. The van der Waals surface area contributed by atoms with Crippen LogP contribution in [-0.4, -0.2) is 25.8 Å². The van der Waals surface area contributed by atoms with E-state index < -0.39 is 0 Å². The van der Waals surface area contributed by atoms with Crippen molar-refractivity contribution in [3.8, 4) is 11.3 Å². The summed E-state index contributed by atoms with van der Waals surface area (Å²) in [6, 6.07) is 18.6. The normalized spacial score (nSPS) is 11.3. The number of benzene rings is 2. The van der Waals surface area contributed by atoms with Gasteiger partial charge >= 0.3 is 0 Å². The summed E-state index contributed by atoms with van der Waals surface area (Å²) in [5.74, 6) is 1.13. The molecule has 0 fully saturated rings. The highest BCUT2D eigenvalue weighted by molar-refractivity contribution is 5.99. The molecule has 3 N–H and O–H groups in total. The van der Waals surface area contributed by atoms with Gasteiger partial charge in [0, 0.05) is 11.6 Å². The summed E-state index contributed by atoms with van der Waals surface area (Å²) in [5, 5.41) is 8.76. The molecule has 0 aliphatic heterocycles. The van der Waals surface area contributed by atoms with Crippen molar-refractivity contribution in [1.29, 1.82) is 0 Å². The molecule has 0 saturated carbocycles. The monoisotopic (exact) mass is 372 g/mol. The lowest BCUT2D eigenvalue weighted by molar-refractivity contribution is 0.703. The van der Waals surface area contributed by atoms with E-state index in [-0.39, 0.29) is 6.04 Å². The number of nitrogen functional groups attached to an aromatic ring is 1. The summed E-state index contributed by atoms with van der Waals surface area (Å²) in [6.45, 7) is 6.77. The standard InChI is InChI=1S/C22H24N6/c1-14(2)24-22-25-19(17-11-7-8-15(3)12-17)18-20(23)28(27-21(18)26-22)13-16-9-5-4-6-10-16/h4-12,14H,13,23H2,1-3H3,(H,24,26,27). The Kier molecular flexibility index (Phi) is 4.69. The number of aromatic nitrogens is 4. The molecule has 0 amide bonds. The fourth-order valence-corrected chi connectivity index (χ4v) is 3.26. The van der Waals surface area contributed by atoms with Crippen LogP contribution in [0.25, 0.3) is 22.3 Å². The average molecular weight is 372 g/mol. The van der Waals surface area contributed by atoms with E-state index in [9.17, 15) is 0 Å². The number of nitrogens with two attached hydrogens (primary N) is 1. The number of hydrogen-bond acceptors (Lipinski definition) is 5. The van der Waals surface area contributed by atoms with Gasteiger partial charge in [0.15, 0.2) is 5.65 Å². The van der Waals surface area contributed by atoms with Crippen LogP contribution in [0.5, 0.6) is 0 Å². The fourth-order valence-electron chi connectivity index (χ4n) is 3.26. The maximum atomic E-state index is 6.51. The molecule has 0 bridgehead atoms. The summed E-state index contributed by atoms with van der Waals surface area (Å²) >= 11 is 0. The third-order valence-electron chi connectivity index (χ3n) is 4.52. The highest BCUT2D eigenvalue weighted by atomic mass is 15.3. The summed E-state index contributed by atoms with van der Waals surface area (Å²) in [5.41, 5.74) is 11.2. The molecule has 142 valence electrons. The number of nitrogens with zero attached hydrogens (tertiary/aromatic N) is 4. The zero-order valence-corrected chi connectivity index (χ0v) is 16.3. The maximum absolute atomic E-state index is 6.51. The zero-order valence-electron chi connectivity index (χ0n) is 16.3. The minimum absolute atomic E-state index is 0.214. The molecule has 0 spiro atoms. The fraction of sp³-hybridized carbons (Fsp3) is 0.227. The van der Waals surface area contributed by atoms with Crippen LogP contribution < -0.4 is 11.1 Å². The van der Waals surface area contributed by atoms with Crippen LogP contribution in [0.1, 0.15) is 25.0 Å². The minimum atomic E-state index is 0.214. The lowest BCUT2D eigenvalue weighted by atomic mass is 10.1. The third-order valence-corrected chi connectivity index (χ3v) is 4.52. The Morgan fingerprint density at radius 2 is 1.82 bits per heavy atom. The van der Waals surface area contributed by atoms with Gasteiger partial charge in [-0.1, -0.05) is 54.1 Å². The summed E-state index contributed by atoms with van der Waals surface area (Å²) in [6.07, 6.45) is 0. The van der Waals surface area contributed by atoms with E-state index in [2.05, 4.69) is 60.4 Å². The predicted octanol–water partition coefficient (Wildman–Crippen LogP) is 4.25. The highest BCUT2D eigenvalue weighted by Gasteiger charge is 2.19. The van der Waals surface area contributed by atoms with Gasteiger partial charge in [-0.05, 0) is 32.4 Å². The molecule has 0 aliphatic carbocycles. The molecular weight excluding hydrogens is 348 g/mol. The van der Waals surface area contributed by atoms with E-state index in [0.29, 0.717) is 24.0 Å². The molecule has 0 saturated heterocycles. The third kappa shape index (κ3) is 3.53. The van der Waals surface area contributed by atoms with Gasteiger partial charge in [-0.2, -0.15) is 4.98 Å². The van der Waals surface area contributed by atoms with Gasteiger partial charge in [-0.15, -0.1) is 5.10 Å². The van der Waals surface area contributed by atoms with Gasteiger partial charge in [0.25, 0.3) is 0 Å². The Hall–Kier alpha value is -3.41. The first-order valence-electron chi connectivity index (χ1n) is 9.43. The Morgan fingerprint density at radius 1 is 1.04 bits per heavy atom. The van der Waals surface area contributed by atoms with Crippen LogP contribution in [0, 0.1) is 6.92 Å². The van der Waals surface area contributed by atoms with Gasteiger partial charge in [0.2, 0.25) is 5.95 Å². The van der Waals surface area contributed by atoms with E-state index in [4.69, 9.17) is 10.7 Å². The zero-order chi connectivity index (χ0) is 19.7. The average Bonchev–Trinajstić information content (AvgIpc) is 2.97. The number of rotatable bonds is 5. The maximum Gasteiger partial charge on any atom is 0.225 e. The van der Waals surface area contributed by atoms with Crippen molar-refractivity contribution in [2.24, 2.45) is 0 Å². The molecule has 6 heteroatoms. The van der Waals surface area contributed by atoms with Crippen LogP contribution in [0.3, 0.4) is 0 Å². The van der Waals surface area contributed by atoms with Crippen LogP contribution >= 0.6 is 0 Å². The summed E-state index contributed by atoms with van der Waals surface area (Å²) in [7, 11) is 0. The van der Waals surface area contributed by atoms with Gasteiger partial charge in [0.1, 0.15) is 5.82 Å². The quantitative estimate of drug-likeness (QED) is 0.547. The Labute approximate surface area is 164 Å². The minimum Gasteiger partial charge on any atom is -0.383 e. The number of fused-ring (bicyclic) bond motifs is 1. The van der Waals surface area contributed by atoms with Crippen molar-refractivity contribution in [2.75, 3.05) is 11.1 Å². The van der Waals surface area contributed by atoms with Gasteiger partial charge in [-0.3, -0.25) is 0 Å². The molecule has 2 aromatic carbocycles.